The van der Waals surface area contributed by atoms with Crippen molar-refractivity contribution in [1.29, 1.82) is 0 Å². The van der Waals surface area contributed by atoms with Gasteiger partial charge in [-0.2, -0.15) is 0 Å². The van der Waals surface area contributed by atoms with Crippen molar-refractivity contribution in [2.45, 2.75) is 49.9 Å². The van der Waals surface area contributed by atoms with Crippen LogP contribution in [0.15, 0.2) is 57.9 Å². The lowest BCUT2D eigenvalue weighted by atomic mass is 9.99. The molecule has 2 N–H and O–H groups in total. The number of aryl methyl sites for hydroxylation is 1. The lowest BCUT2D eigenvalue weighted by molar-refractivity contribution is -0.139. The van der Waals surface area contributed by atoms with Crippen LogP contribution in [0.5, 0.6) is 0 Å². The largest absolute Gasteiger partial charge is 0.480 e. The Morgan fingerprint density at radius 3 is 2.44 bits per heavy atom. The first-order valence-electron chi connectivity index (χ1n) is 13.3. The number of nitrogens with one attached hydrogen (secondary N) is 1. The first kappa shape index (κ1) is 34.0. The number of rotatable bonds is 11. The molecule has 43 heavy (non-hydrogen) atoms. The Labute approximate surface area is 263 Å². The highest BCUT2D eigenvalue weighted by Gasteiger charge is 2.26. The minimum Gasteiger partial charge on any atom is -0.480 e. The number of hydrogen-bond acceptors (Lipinski definition) is 8. The summed E-state index contributed by atoms with van der Waals surface area (Å²) in [5, 5.41) is 12.2. The van der Waals surface area contributed by atoms with E-state index in [0.29, 0.717) is 35.6 Å². The average Bonchev–Trinajstić information content (AvgIpc) is 2.92. The van der Waals surface area contributed by atoms with E-state index in [1.54, 1.807) is 30.3 Å². The second kappa shape index (κ2) is 14.8. The fourth-order valence-electron chi connectivity index (χ4n) is 3.85. The number of amides is 2. The summed E-state index contributed by atoms with van der Waals surface area (Å²) in [5.41, 5.74) is 0.208. The molecule has 2 heterocycles. The van der Waals surface area contributed by atoms with E-state index in [0.717, 1.165) is 0 Å². The third-order valence-electron chi connectivity index (χ3n) is 5.82. The molecule has 3 aromatic rings. The molecular weight excluding hydrogens is 625 g/mol. The number of fused-ring (bicyclic) bond motifs is 1. The van der Waals surface area contributed by atoms with E-state index in [9.17, 15) is 24.3 Å². The number of pyridine rings is 1. The van der Waals surface area contributed by atoms with E-state index in [1.165, 1.54) is 23.2 Å². The first-order valence-corrected chi connectivity index (χ1v) is 14.4. The SMILES string of the molecule is CC(C)(C)COC(=O)N[C@@H](Cc1ccc2oc(CCCN(C(=O)OCC(Cl)(Cl)Cl)c3ccccn3)cc(=O)c2c1)C(=O)O. The second-order valence-corrected chi connectivity index (χ2v) is 13.4. The van der Waals surface area contributed by atoms with Crippen LogP contribution < -0.4 is 15.6 Å². The molecule has 0 saturated heterocycles. The van der Waals surface area contributed by atoms with E-state index < -0.39 is 34.6 Å². The Morgan fingerprint density at radius 1 is 1.07 bits per heavy atom. The zero-order valence-corrected chi connectivity index (χ0v) is 26.0. The number of aliphatic carboxylic acids is 1. The monoisotopic (exact) mass is 655 g/mol. The highest BCUT2D eigenvalue weighted by Crippen LogP contribution is 2.26. The first-order chi connectivity index (χ1) is 20.1. The number of nitrogens with zero attached hydrogens (tertiary/aromatic N) is 2. The maximum absolute atomic E-state index is 12.9. The van der Waals surface area contributed by atoms with Gasteiger partial charge >= 0.3 is 18.2 Å². The summed E-state index contributed by atoms with van der Waals surface area (Å²) in [6, 6.07) is 9.84. The van der Waals surface area contributed by atoms with Gasteiger partial charge < -0.3 is 24.3 Å². The van der Waals surface area contributed by atoms with Crippen molar-refractivity contribution in [2.24, 2.45) is 5.41 Å². The number of carboxylic acids is 1. The summed E-state index contributed by atoms with van der Waals surface area (Å²) in [6.45, 7) is 5.47. The fourth-order valence-corrected chi connectivity index (χ4v) is 4.01. The number of alkyl halides is 3. The van der Waals surface area contributed by atoms with E-state index in [2.05, 4.69) is 10.3 Å². The van der Waals surface area contributed by atoms with Crippen LogP contribution in [0.2, 0.25) is 0 Å². The van der Waals surface area contributed by atoms with Crippen LogP contribution in [0.4, 0.5) is 15.4 Å². The number of aromatic nitrogens is 1. The van der Waals surface area contributed by atoms with Gasteiger partial charge in [0, 0.05) is 31.6 Å². The normalized spacial score (nSPS) is 12.4. The van der Waals surface area contributed by atoms with Crippen molar-refractivity contribution in [1.82, 2.24) is 10.3 Å². The quantitative estimate of drug-likeness (QED) is 0.241. The Hall–Kier alpha value is -3.54. The van der Waals surface area contributed by atoms with Gasteiger partial charge in [-0.1, -0.05) is 67.7 Å². The number of alkyl carbamates (subject to hydrolysis) is 1. The highest BCUT2D eigenvalue weighted by atomic mass is 35.6. The molecule has 0 saturated carbocycles. The molecular formula is C29H32Cl3N3O8. The number of hydrogen-bond donors (Lipinski definition) is 2. The standard InChI is InChI=1S/C29H32Cl3N3O8/c1-28(2,3)16-41-26(39)34-21(25(37)38)14-18-9-10-23-20(13-18)22(36)15-19(43-23)7-6-12-35(24-8-4-5-11-33-24)27(40)42-17-29(30,31)32/h4-5,8-11,13,15,21H,6-7,12,14,16-17H2,1-3H3,(H,34,39)(H,37,38)/t21-/m0/s1. The molecule has 2 aromatic heterocycles. The minimum absolute atomic E-state index is 0.0746. The van der Waals surface area contributed by atoms with Crippen molar-refractivity contribution >= 4 is 69.7 Å². The summed E-state index contributed by atoms with van der Waals surface area (Å²) in [7, 11) is 0. The molecule has 0 spiro atoms. The number of carbonyl (C=O) groups excluding carboxylic acids is 2. The molecule has 1 aromatic carbocycles. The molecule has 0 unspecified atom stereocenters. The topological polar surface area (TPSA) is 148 Å². The van der Waals surface area contributed by atoms with Crippen molar-refractivity contribution in [3.8, 4) is 0 Å². The van der Waals surface area contributed by atoms with Crippen molar-refractivity contribution in [2.75, 3.05) is 24.7 Å². The van der Waals surface area contributed by atoms with Crippen LogP contribution in [0.1, 0.15) is 38.5 Å². The van der Waals surface area contributed by atoms with E-state index in [1.807, 2.05) is 20.8 Å². The number of anilines is 1. The molecule has 0 bridgehead atoms. The molecule has 11 nitrogen and oxygen atoms in total. The van der Waals surface area contributed by atoms with Crippen molar-refractivity contribution in [3.63, 3.8) is 0 Å². The van der Waals surface area contributed by atoms with E-state index in [-0.39, 0.29) is 35.8 Å². The number of carbonyl (C=O) groups is 3. The average molecular weight is 657 g/mol. The third kappa shape index (κ3) is 11.2. The van der Waals surface area contributed by atoms with Gasteiger partial charge in [0.2, 0.25) is 3.79 Å². The van der Waals surface area contributed by atoms with Gasteiger partial charge in [-0.3, -0.25) is 9.69 Å². The third-order valence-corrected chi connectivity index (χ3v) is 6.15. The number of halogens is 3. The second-order valence-electron chi connectivity index (χ2n) is 10.9. The lowest BCUT2D eigenvalue weighted by Gasteiger charge is -2.22. The summed E-state index contributed by atoms with van der Waals surface area (Å²) in [4.78, 5) is 55.0. The molecule has 0 radical (unpaired) electrons. The summed E-state index contributed by atoms with van der Waals surface area (Å²) in [5.74, 6) is -0.528. The predicted molar refractivity (Wildman–Crippen MR) is 163 cm³/mol. The van der Waals surface area contributed by atoms with Crippen LogP contribution in [0.3, 0.4) is 0 Å². The van der Waals surface area contributed by atoms with Crippen LogP contribution in [-0.2, 0) is 27.1 Å². The van der Waals surface area contributed by atoms with Crippen molar-refractivity contribution in [3.05, 3.63) is 70.2 Å². The van der Waals surface area contributed by atoms with Gasteiger partial charge in [-0.15, -0.1) is 0 Å². The van der Waals surface area contributed by atoms with Gasteiger partial charge in [0.05, 0.1) is 12.0 Å². The van der Waals surface area contributed by atoms with Gasteiger partial charge in [0.15, 0.2) is 5.43 Å². The number of benzene rings is 1. The number of carboxylic acid groups (broad SMARTS) is 1. The van der Waals surface area contributed by atoms with Crippen LogP contribution in [0.25, 0.3) is 11.0 Å². The van der Waals surface area contributed by atoms with Gasteiger partial charge in [0.25, 0.3) is 0 Å². The molecule has 0 aliphatic carbocycles. The van der Waals surface area contributed by atoms with Gasteiger partial charge in [-0.25, -0.2) is 19.4 Å². The molecule has 2 amide bonds. The highest BCUT2D eigenvalue weighted by molar-refractivity contribution is 6.67. The Bertz CT molecular complexity index is 1490. The summed E-state index contributed by atoms with van der Waals surface area (Å²) < 4.78 is 14.4. The van der Waals surface area contributed by atoms with Crippen molar-refractivity contribution < 1.29 is 33.4 Å². The van der Waals surface area contributed by atoms with Crippen LogP contribution >= 0.6 is 34.8 Å². The van der Waals surface area contributed by atoms with Crippen LogP contribution in [0, 0.1) is 5.41 Å². The Balaban J connectivity index is 1.68. The van der Waals surface area contributed by atoms with Gasteiger partial charge in [-0.05, 0) is 41.7 Å². The predicted octanol–water partition coefficient (Wildman–Crippen LogP) is 5.90. The number of ether oxygens (including phenoxy) is 2. The Kier molecular flexibility index (Phi) is 11.7. The lowest BCUT2D eigenvalue weighted by Crippen LogP contribution is -2.43. The zero-order valence-electron chi connectivity index (χ0n) is 23.8. The smallest absolute Gasteiger partial charge is 0.415 e. The molecule has 0 aliphatic heterocycles. The van der Waals surface area contributed by atoms with Gasteiger partial charge in [0.1, 0.15) is 29.8 Å². The molecule has 0 fully saturated rings. The maximum atomic E-state index is 12.9. The van der Waals surface area contributed by atoms with E-state index >= 15 is 0 Å². The fraction of sp³-hybridized carbons (Fsp3) is 0.414. The molecule has 3 rings (SSSR count). The zero-order chi connectivity index (χ0) is 31.8. The maximum Gasteiger partial charge on any atom is 0.415 e. The molecule has 232 valence electrons. The van der Waals surface area contributed by atoms with Crippen LogP contribution in [-0.4, -0.2) is 57.8 Å². The summed E-state index contributed by atoms with van der Waals surface area (Å²) in [6.07, 6.45) is 0.532. The Morgan fingerprint density at radius 2 is 1.81 bits per heavy atom. The van der Waals surface area contributed by atoms with E-state index in [4.69, 9.17) is 48.7 Å². The summed E-state index contributed by atoms with van der Waals surface area (Å²) >= 11 is 17.1. The minimum atomic E-state index is -1.78. The molecule has 0 aliphatic rings. The molecule has 1 atom stereocenters. The molecule has 14 heteroatoms.